The molecular formula is C17H12F4N4. The van der Waals surface area contributed by atoms with E-state index in [4.69, 9.17) is 0 Å². The zero-order valence-corrected chi connectivity index (χ0v) is 13.0. The molecule has 0 atom stereocenters. The van der Waals surface area contributed by atoms with Crippen molar-refractivity contribution in [3.05, 3.63) is 65.7 Å². The van der Waals surface area contributed by atoms with Gasteiger partial charge < -0.3 is 0 Å². The van der Waals surface area contributed by atoms with E-state index >= 15 is 0 Å². The molecule has 0 saturated carbocycles. The standard InChI is InChI=1S/C17H12F4N4/c1-10(11-6-2-4-8-13(11)18)24-25-15-12-7-3-5-9-14(12)22-16(23-15)17(19,20)21/h2-9H,1H3,(H,22,23,25)/b24-10-. The average Bonchev–Trinajstić information content (AvgIpc) is 2.58. The third kappa shape index (κ3) is 3.57. The summed E-state index contributed by atoms with van der Waals surface area (Å²) in [5.74, 6) is -1.85. The van der Waals surface area contributed by atoms with Gasteiger partial charge in [0, 0.05) is 10.9 Å². The van der Waals surface area contributed by atoms with Crippen molar-refractivity contribution in [3.8, 4) is 0 Å². The normalized spacial score (nSPS) is 12.4. The Bertz CT molecular complexity index is 951. The maximum atomic E-state index is 13.8. The van der Waals surface area contributed by atoms with Gasteiger partial charge in [-0.05, 0) is 25.1 Å². The molecule has 128 valence electrons. The average molecular weight is 348 g/mol. The number of fused-ring (bicyclic) bond motifs is 1. The highest BCUT2D eigenvalue weighted by atomic mass is 19.4. The van der Waals surface area contributed by atoms with Gasteiger partial charge in [-0.15, -0.1) is 0 Å². The van der Waals surface area contributed by atoms with Crippen LogP contribution in [0.25, 0.3) is 10.9 Å². The molecule has 0 saturated heterocycles. The Labute approximate surface area is 140 Å². The number of nitrogens with zero attached hydrogens (tertiary/aromatic N) is 3. The fourth-order valence-electron chi connectivity index (χ4n) is 2.24. The first kappa shape index (κ1) is 16.8. The molecule has 2 aromatic carbocycles. The molecule has 1 heterocycles. The van der Waals surface area contributed by atoms with E-state index in [1.54, 1.807) is 31.2 Å². The van der Waals surface area contributed by atoms with E-state index in [0.717, 1.165) is 0 Å². The fraction of sp³-hybridized carbons (Fsp3) is 0.118. The monoisotopic (exact) mass is 348 g/mol. The van der Waals surface area contributed by atoms with Crippen LogP contribution in [0.1, 0.15) is 18.3 Å². The molecule has 4 nitrogen and oxygen atoms in total. The predicted molar refractivity (Wildman–Crippen MR) is 86.8 cm³/mol. The van der Waals surface area contributed by atoms with Crippen LogP contribution in [0, 0.1) is 5.82 Å². The second-order valence-electron chi connectivity index (χ2n) is 5.20. The quantitative estimate of drug-likeness (QED) is 0.427. The molecule has 0 aliphatic carbocycles. The first-order chi connectivity index (χ1) is 11.9. The van der Waals surface area contributed by atoms with Crippen LogP contribution in [0.15, 0.2) is 53.6 Å². The van der Waals surface area contributed by atoms with Gasteiger partial charge in [-0.3, -0.25) is 5.43 Å². The molecular weight excluding hydrogens is 336 g/mol. The van der Waals surface area contributed by atoms with Gasteiger partial charge in [-0.25, -0.2) is 14.4 Å². The Balaban J connectivity index is 2.03. The lowest BCUT2D eigenvalue weighted by atomic mass is 10.1. The summed E-state index contributed by atoms with van der Waals surface area (Å²) in [6.07, 6.45) is -4.69. The molecule has 3 rings (SSSR count). The van der Waals surface area contributed by atoms with E-state index in [0.29, 0.717) is 5.39 Å². The number of anilines is 1. The number of hydrogen-bond acceptors (Lipinski definition) is 4. The van der Waals surface area contributed by atoms with Gasteiger partial charge >= 0.3 is 6.18 Å². The summed E-state index contributed by atoms with van der Waals surface area (Å²) in [4.78, 5) is 7.03. The molecule has 3 aromatic rings. The molecule has 8 heteroatoms. The Hall–Kier alpha value is -3.03. The van der Waals surface area contributed by atoms with E-state index < -0.39 is 17.8 Å². The third-order valence-corrected chi connectivity index (χ3v) is 3.45. The van der Waals surface area contributed by atoms with Crippen molar-refractivity contribution < 1.29 is 17.6 Å². The van der Waals surface area contributed by atoms with Gasteiger partial charge in [0.2, 0.25) is 5.82 Å². The van der Waals surface area contributed by atoms with Crippen molar-refractivity contribution in [2.45, 2.75) is 13.1 Å². The van der Waals surface area contributed by atoms with Gasteiger partial charge in [0.25, 0.3) is 0 Å². The largest absolute Gasteiger partial charge is 0.451 e. The lowest BCUT2D eigenvalue weighted by molar-refractivity contribution is -0.144. The molecule has 0 radical (unpaired) electrons. The number of halogens is 4. The lowest BCUT2D eigenvalue weighted by Crippen LogP contribution is -2.13. The second-order valence-corrected chi connectivity index (χ2v) is 5.20. The SMILES string of the molecule is C/C(=N/Nc1nc(C(F)(F)F)nc2ccccc12)c1ccccc1F. The number of aromatic nitrogens is 2. The van der Waals surface area contributed by atoms with E-state index in [9.17, 15) is 17.6 Å². The van der Waals surface area contributed by atoms with Crippen LogP contribution in [-0.4, -0.2) is 15.7 Å². The number of alkyl halides is 3. The zero-order valence-electron chi connectivity index (χ0n) is 13.0. The van der Waals surface area contributed by atoms with Crippen LogP contribution in [-0.2, 0) is 6.18 Å². The minimum Gasteiger partial charge on any atom is -0.260 e. The summed E-state index contributed by atoms with van der Waals surface area (Å²) in [5.41, 5.74) is 3.14. The molecule has 0 spiro atoms. The van der Waals surface area contributed by atoms with Crippen LogP contribution in [0.4, 0.5) is 23.4 Å². The van der Waals surface area contributed by atoms with Crippen molar-refractivity contribution in [1.82, 2.24) is 9.97 Å². The van der Waals surface area contributed by atoms with Gasteiger partial charge in [0.1, 0.15) is 5.82 Å². The summed E-state index contributed by atoms with van der Waals surface area (Å²) in [7, 11) is 0. The van der Waals surface area contributed by atoms with Crippen LogP contribution in [0.5, 0.6) is 0 Å². The van der Waals surface area contributed by atoms with E-state index in [2.05, 4.69) is 20.5 Å². The number of rotatable bonds is 3. The third-order valence-electron chi connectivity index (χ3n) is 3.45. The maximum absolute atomic E-state index is 13.8. The minimum atomic E-state index is -4.69. The molecule has 0 aliphatic heterocycles. The van der Waals surface area contributed by atoms with Gasteiger partial charge in [0.15, 0.2) is 5.82 Å². The van der Waals surface area contributed by atoms with Gasteiger partial charge in [0.05, 0.1) is 11.2 Å². The van der Waals surface area contributed by atoms with Crippen LogP contribution in [0.2, 0.25) is 0 Å². The van der Waals surface area contributed by atoms with Crippen molar-refractivity contribution >= 4 is 22.4 Å². The molecule has 1 aromatic heterocycles. The Morgan fingerprint density at radius 1 is 1.00 bits per heavy atom. The van der Waals surface area contributed by atoms with Gasteiger partial charge in [-0.1, -0.05) is 30.3 Å². The number of hydrogen-bond donors (Lipinski definition) is 1. The zero-order chi connectivity index (χ0) is 18.0. The Kier molecular flexibility index (Phi) is 4.35. The summed E-state index contributed by atoms with van der Waals surface area (Å²) < 4.78 is 52.7. The first-order valence-electron chi connectivity index (χ1n) is 7.25. The topological polar surface area (TPSA) is 50.2 Å². The van der Waals surface area contributed by atoms with Crippen molar-refractivity contribution in [2.75, 3.05) is 5.43 Å². The van der Waals surface area contributed by atoms with Crippen LogP contribution in [0.3, 0.4) is 0 Å². The highest BCUT2D eigenvalue weighted by Gasteiger charge is 2.35. The molecule has 0 unspecified atom stereocenters. The van der Waals surface area contributed by atoms with Crippen LogP contribution < -0.4 is 5.43 Å². The predicted octanol–water partition coefficient (Wildman–Crippen LogP) is 4.62. The van der Waals surface area contributed by atoms with Crippen molar-refractivity contribution in [1.29, 1.82) is 0 Å². The number of hydrazone groups is 1. The maximum Gasteiger partial charge on any atom is 0.451 e. The molecule has 0 bridgehead atoms. The highest BCUT2D eigenvalue weighted by molar-refractivity contribution is 5.99. The molecule has 0 aliphatic rings. The lowest BCUT2D eigenvalue weighted by Gasteiger charge is -2.10. The Morgan fingerprint density at radius 2 is 1.68 bits per heavy atom. The van der Waals surface area contributed by atoms with Gasteiger partial charge in [-0.2, -0.15) is 18.3 Å². The first-order valence-corrected chi connectivity index (χ1v) is 7.25. The molecule has 25 heavy (non-hydrogen) atoms. The minimum absolute atomic E-state index is 0.103. The summed E-state index contributed by atoms with van der Waals surface area (Å²) >= 11 is 0. The molecule has 0 amide bonds. The summed E-state index contributed by atoms with van der Waals surface area (Å²) in [6.45, 7) is 1.54. The molecule has 1 N–H and O–H groups in total. The molecule has 0 fully saturated rings. The fourth-order valence-corrected chi connectivity index (χ4v) is 2.24. The summed E-state index contributed by atoms with van der Waals surface area (Å²) in [6, 6.07) is 12.2. The van der Waals surface area contributed by atoms with E-state index in [-0.39, 0.29) is 22.6 Å². The second kappa shape index (κ2) is 6.46. The number of nitrogens with one attached hydrogen (secondary N) is 1. The van der Waals surface area contributed by atoms with E-state index in [1.165, 1.54) is 24.3 Å². The number of para-hydroxylation sites is 1. The van der Waals surface area contributed by atoms with Crippen LogP contribution >= 0.6 is 0 Å². The highest BCUT2D eigenvalue weighted by Crippen LogP contribution is 2.30. The van der Waals surface area contributed by atoms with Crippen molar-refractivity contribution in [3.63, 3.8) is 0 Å². The number of benzene rings is 2. The van der Waals surface area contributed by atoms with E-state index in [1.807, 2.05) is 0 Å². The summed E-state index contributed by atoms with van der Waals surface area (Å²) in [5, 5.41) is 4.34. The smallest absolute Gasteiger partial charge is 0.260 e. The van der Waals surface area contributed by atoms with Crippen molar-refractivity contribution in [2.24, 2.45) is 5.10 Å². The Morgan fingerprint density at radius 3 is 2.40 bits per heavy atom.